The molecule has 0 aliphatic heterocycles. The summed E-state index contributed by atoms with van der Waals surface area (Å²) in [5.41, 5.74) is 1.97. The van der Waals surface area contributed by atoms with Gasteiger partial charge in [0.1, 0.15) is 11.9 Å². The minimum Gasteiger partial charge on any atom is -0.385 e. The number of nitrogens with zero attached hydrogens (tertiary/aromatic N) is 3. The number of hydrogen-bond donors (Lipinski definition) is 1. The lowest BCUT2D eigenvalue weighted by Crippen LogP contribution is -2.23. The van der Waals surface area contributed by atoms with E-state index in [4.69, 9.17) is 0 Å². The molecule has 17 heavy (non-hydrogen) atoms. The zero-order valence-electron chi connectivity index (χ0n) is 9.92. The van der Waals surface area contributed by atoms with Crippen LogP contribution in [0.2, 0.25) is 0 Å². The molecular formula is C12H15N4S+. The van der Waals surface area contributed by atoms with Gasteiger partial charge in [-0.3, -0.25) is 0 Å². The Morgan fingerprint density at radius 3 is 2.59 bits per heavy atom. The summed E-state index contributed by atoms with van der Waals surface area (Å²) in [4.78, 5) is 0. The normalized spacial score (nSPS) is 10.9. The molecule has 0 fully saturated rings. The van der Waals surface area contributed by atoms with Crippen molar-refractivity contribution >= 4 is 27.8 Å². The predicted octanol–water partition coefficient (Wildman–Crippen LogP) is 3.42. The van der Waals surface area contributed by atoms with Crippen LogP contribution in [0.15, 0.2) is 46.1 Å². The minimum atomic E-state index is 0.861. The summed E-state index contributed by atoms with van der Waals surface area (Å²) in [6.45, 7) is 3.00. The molecule has 2 aromatic rings. The van der Waals surface area contributed by atoms with Crippen LogP contribution >= 0.6 is 11.3 Å². The maximum Gasteiger partial charge on any atom is 0.408 e. The molecule has 0 saturated carbocycles. The van der Waals surface area contributed by atoms with E-state index in [1.807, 2.05) is 47.5 Å². The van der Waals surface area contributed by atoms with Crippen molar-refractivity contribution in [2.75, 3.05) is 11.9 Å². The summed E-state index contributed by atoms with van der Waals surface area (Å²) in [7, 11) is 1.96. The molecule has 0 amide bonds. The molecule has 0 spiro atoms. The molecule has 0 unspecified atom stereocenters. The number of azo groups is 1. The van der Waals surface area contributed by atoms with E-state index >= 15 is 0 Å². The average molecular weight is 247 g/mol. The Kier molecular flexibility index (Phi) is 3.82. The lowest BCUT2D eigenvalue weighted by atomic mass is 10.3. The van der Waals surface area contributed by atoms with Crippen molar-refractivity contribution in [1.82, 2.24) is 0 Å². The van der Waals surface area contributed by atoms with Gasteiger partial charge in [-0.05, 0) is 47.6 Å². The van der Waals surface area contributed by atoms with Gasteiger partial charge in [-0.15, -0.1) is 0 Å². The predicted molar refractivity (Wildman–Crippen MR) is 70.3 cm³/mol. The van der Waals surface area contributed by atoms with Gasteiger partial charge in [-0.1, -0.05) is 0 Å². The van der Waals surface area contributed by atoms with Gasteiger partial charge in [0.15, 0.2) is 0 Å². The number of benzene rings is 1. The zero-order chi connectivity index (χ0) is 12.1. The second kappa shape index (κ2) is 5.54. The molecule has 0 radical (unpaired) electrons. The van der Waals surface area contributed by atoms with Crippen LogP contribution in [0.5, 0.6) is 0 Å². The van der Waals surface area contributed by atoms with Crippen LogP contribution in [0.3, 0.4) is 0 Å². The van der Waals surface area contributed by atoms with Crippen LogP contribution in [-0.4, -0.2) is 6.54 Å². The van der Waals surface area contributed by atoms with E-state index in [9.17, 15) is 0 Å². The lowest BCUT2D eigenvalue weighted by Gasteiger charge is -2.00. The molecule has 1 heterocycles. The van der Waals surface area contributed by atoms with Crippen LogP contribution in [0.4, 0.5) is 16.5 Å². The van der Waals surface area contributed by atoms with Crippen molar-refractivity contribution < 1.29 is 4.57 Å². The molecule has 0 bridgehead atoms. The number of aromatic nitrogens is 1. The summed E-state index contributed by atoms with van der Waals surface area (Å²) in [5.74, 6) is 0. The second-order valence-corrected chi connectivity index (χ2v) is 4.45. The van der Waals surface area contributed by atoms with Gasteiger partial charge in [0.2, 0.25) is 0 Å². The van der Waals surface area contributed by atoms with E-state index in [0.717, 1.165) is 23.1 Å². The highest BCUT2D eigenvalue weighted by atomic mass is 32.1. The highest BCUT2D eigenvalue weighted by Gasteiger charge is 2.06. The van der Waals surface area contributed by atoms with Crippen molar-refractivity contribution in [2.45, 2.75) is 6.92 Å². The van der Waals surface area contributed by atoms with Crippen molar-refractivity contribution in [1.29, 1.82) is 0 Å². The number of anilines is 1. The topological polar surface area (TPSA) is 40.6 Å². The van der Waals surface area contributed by atoms with Crippen LogP contribution in [0, 0.1) is 0 Å². The van der Waals surface area contributed by atoms with Crippen molar-refractivity contribution in [3.8, 4) is 0 Å². The molecule has 0 saturated heterocycles. The molecule has 0 aliphatic rings. The van der Waals surface area contributed by atoms with Gasteiger partial charge in [0.25, 0.3) is 0 Å². The number of hydrogen-bond acceptors (Lipinski definition) is 4. The Bertz CT molecular complexity index is 501. The van der Waals surface area contributed by atoms with Gasteiger partial charge in [-0.2, -0.15) is 0 Å². The van der Waals surface area contributed by atoms with Crippen molar-refractivity contribution in [2.24, 2.45) is 17.3 Å². The fourth-order valence-corrected chi connectivity index (χ4v) is 2.05. The maximum absolute atomic E-state index is 4.20. The molecular weight excluding hydrogens is 232 g/mol. The van der Waals surface area contributed by atoms with Gasteiger partial charge in [-0.25, -0.2) is 4.57 Å². The average Bonchev–Trinajstić information content (AvgIpc) is 2.75. The van der Waals surface area contributed by atoms with Gasteiger partial charge < -0.3 is 5.32 Å². The van der Waals surface area contributed by atoms with E-state index in [-0.39, 0.29) is 0 Å². The summed E-state index contributed by atoms with van der Waals surface area (Å²) < 4.78 is 1.95. The molecule has 1 aromatic carbocycles. The summed E-state index contributed by atoms with van der Waals surface area (Å²) in [6, 6.07) is 7.92. The highest BCUT2D eigenvalue weighted by Crippen LogP contribution is 2.20. The molecule has 0 atom stereocenters. The fourth-order valence-electron chi connectivity index (χ4n) is 1.37. The van der Waals surface area contributed by atoms with E-state index in [2.05, 4.69) is 22.5 Å². The molecule has 1 aromatic heterocycles. The Balaban J connectivity index is 2.09. The van der Waals surface area contributed by atoms with Crippen molar-refractivity contribution in [3.63, 3.8) is 0 Å². The monoisotopic (exact) mass is 247 g/mol. The summed E-state index contributed by atoms with van der Waals surface area (Å²) in [5, 5.41) is 14.5. The fraction of sp³-hybridized carbons (Fsp3) is 0.250. The van der Waals surface area contributed by atoms with Gasteiger partial charge in [0, 0.05) is 17.6 Å². The first kappa shape index (κ1) is 11.7. The van der Waals surface area contributed by atoms with E-state index in [1.165, 1.54) is 0 Å². The smallest absolute Gasteiger partial charge is 0.385 e. The third-order valence-electron chi connectivity index (χ3n) is 2.26. The lowest BCUT2D eigenvalue weighted by molar-refractivity contribution is -0.654. The second-order valence-electron chi connectivity index (χ2n) is 3.57. The van der Waals surface area contributed by atoms with E-state index < -0.39 is 0 Å². The van der Waals surface area contributed by atoms with Crippen LogP contribution in [0.25, 0.3) is 0 Å². The number of rotatable bonds is 4. The quantitative estimate of drug-likeness (QED) is 0.652. The number of nitrogens with one attached hydrogen (secondary N) is 1. The largest absolute Gasteiger partial charge is 0.408 e. The molecule has 88 valence electrons. The molecule has 1 N–H and O–H groups in total. The first-order chi connectivity index (χ1) is 8.29. The molecule has 2 rings (SSSR count). The third kappa shape index (κ3) is 3.10. The van der Waals surface area contributed by atoms with Gasteiger partial charge >= 0.3 is 5.13 Å². The Morgan fingerprint density at radius 2 is 2.00 bits per heavy atom. The Morgan fingerprint density at radius 1 is 1.24 bits per heavy atom. The van der Waals surface area contributed by atoms with Crippen molar-refractivity contribution in [3.05, 3.63) is 35.8 Å². The summed E-state index contributed by atoms with van der Waals surface area (Å²) >= 11 is 1.57. The molecule has 0 aliphatic carbocycles. The highest BCUT2D eigenvalue weighted by molar-refractivity contribution is 7.12. The van der Waals surface area contributed by atoms with Crippen LogP contribution in [0.1, 0.15) is 6.92 Å². The van der Waals surface area contributed by atoms with E-state index in [0.29, 0.717) is 0 Å². The first-order valence-corrected chi connectivity index (χ1v) is 6.36. The van der Waals surface area contributed by atoms with Crippen LogP contribution < -0.4 is 9.88 Å². The standard InChI is InChI=1S/C12H14N4S/c1-3-13-10-4-6-11(7-5-10)14-15-12-16(2)8-9-17-12/h4-9H,3H2,1-2H3/p+1. The van der Waals surface area contributed by atoms with Crippen LogP contribution in [-0.2, 0) is 7.05 Å². The van der Waals surface area contributed by atoms with Gasteiger partial charge in [0.05, 0.1) is 12.2 Å². The maximum atomic E-state index is 4.20. The Labute approximate surface area is 105 Å². The molecule has 5 heteroatoms. The third-order valence-corrected chi connectivity index (χ3v) is 3.10. The summed E-state index contributed by atoms with van der Waals surface area (Å²) in [6.07, 6.45) is 1.97. The molecule has 4 nitrogen and oxygen atoms in total. The zero-order valence-corrected chi connectivity index (χ0v) is 10.7. The SMILES string of the molecule is CCNc1ccc(N=Nc2scc[n+]2C)cc1. The number of aryl methyl sites for hydroxylation is 1. The van der Waals surface area contributed by atoms with E-state index in [1.54, 1.807) is 11.3 Å². The Hall–Kier alpha value is -1.75. The number of thiazole rings is 1. The minimum absolute atomic E-state index is 0.861. The first-order valence-electron chi connectivity index (χ1n) is 5.48.